The van der Waals surface area contributed by atoms with Crippen LogP contribution in [0.2, 0.25) is 0 Å². The second-order valence-electron chi connectivity index (χ2n) is 5.48. The predicted molar refractivity (Wildman–Crippen MR) is 85.1 cm³/mol. The van der Waals surface area contributed by atoms with Crippen LogP contribution in [0.4, 0.5) is 5.00 Å². The Bertz CT molecular complexity index is 522. The number of hydrogen-bond donors (Lipinski definition) is 2. The van der Waals surface area contributed by atoms with Gasteiger partial charge in [0.15, 0.2) is 0 Å². The molecule has 1 saturated heterocycles. The molecule has 2 rings (SSSR count). The number of carbonyl (C=O) groups is 1. The zero-order chi connectivity index (χ0) is 15.2. The van der Waals surface area contributed by atoms with Crippen LogP contribution in [0.5, 0.6) is 0 Å². The van der Waals surface area contributed by atoms with E-state index >= 15 is 0 Å². The van der Waals surface area contributed by atoms with Gasteiger partial charge in [-0.3, -0.25) is 9.69 Å². The van der Waals surface area contributed by atoms with Crippen molar-refractivity contribution in [1.82, 2.24) is 4.90 Å². The number of thiophene rings is 1. The van der Waals surface area contributed by atoms with E-state index in [1.807, 2.05) is 5.38 Å². The van der Waals surface area contributed by atoms with E-state index in [0.29, 0.717) is 35.6 Å². The molecule has 1 aliphatic rings. The van der Waals surface area contributed by atoms with Crippen molar-refractivity contribution in [3.63, 3.8) is 0 Å². The minimum absolute atomic E-state index is 0.0394. The molecule has 0 aliphatic carbocycles. The third kappa shape index (κ3) is 4.03. The molecule has 0 spiro atoms. The monoisotopic (exact) mass is 306 g/mol. The first-order valence-corrected chi connectivity index (χ1v) is 8.27. The summed E-state index contributed by atoms with van der Waals surface area (Å²) in [7, 11) is 0. The lowest BCUT2D eigenvalue weighted by Gasteiger charge is -2.40. The van der Waals surface area contributed by atoms with Crippen LogP contribution in [0.25, 0.3) is 0 Å². The molecule has 1 aliphatic heterocycles. The Kier molecular flexibility index (Phi) is 5.74. The van der Waals surface area contributed by atoms with Gasteiger partial charge in [-0.1, -0.05) is 6.42 Å². The summed E-state index contributed by atoms with van der Waals surface area (Å²) in [6.07, 6.45) is 3.93. The number of rotatable bonds is 5. The molecule has 0 radical (unpaired) electrons. The van der Waals surface area contributed by atoms with E-state index < -0.39 is 0 Å². The summed E-state index contributed by atoms with van der Waals surface area (Å²) >= 11 is 1.38. The third-order valence-electron chi connectivity index (χ3n) is 4.10. The number of anilines is 1. The number of nitriles is 1. The second-order valence-corrected chi connectivity index (χ2v) is 6.40. The minimum atomic E-state index is -0.0394. The highest BCUT2D eigenvalue weighted by Gasteiger charge is 2.26. The fourth-order valence-electron chi connectivity index (χ4n) is 2.91. The van der Waals surface area contributed by atoms with E-state index in [9.17, 15) is 4.79 Å². The van der Waals surface area contributed by atoms with Gasteiger partial charge in [0.1, 0.15) is 11.1 Å². The first-order valence-electron chi connectivity index (χ1n) is 7.39. The molecular formula is C15H22N4OS. The topological polar surface area (TPSA) is 82.2 Å². The largest absolute Gasteiger partial charge is 0.329 e. The first-order chi connectivity index (χ1) is 10.2. The van der Waals surface area contributed by atoms with Crippen molar-refractivity contribution in [1.29, 1.82) is 5.26 Å². The summed E-state index contributed by atoms with van der Waals surface area (Å²) in [6.45, 7) is 3.57. The van der Waals surface area contributed by atoms with E-state index in [4.69, 9.17) is 11.0 Å². The molecule has 114 valence electrons. The Morgan fingerprint density at radius 2 is 2.43 bits per heavy atom. The standard InChI is InChI=1S/C15H22N4OS/c1-11-3-2-4-13(10-17)19(11)7-5-14(20)18-15-12(9-16)6-8-21-15/h6,8,11,13H,2-5,7,10,17H2,1H3,(H,18,20). The van der Waals surface area contributed by atoms with Crippen LogP contribution in [-0.4, -0.2) is 36.0 Å². The van der Waals surface area contributed by atoms with Crippen molar-refractivity contribution >= 4 is 22.2 Å². The van der Waals surface area contributed by atoms with Gasteiger partial charge < -0.3 is 11.1 Å². The lowest BCUT2D eigenvalue weighted by Crippen LogP contribution is -2.49. The highest BCUT2D eigenvalue weighted by Crippen LogP contribution is 2.24. The third-order valence-corrected chi connectivity index (χ3v) is 4.93. The molecule has 1 aromatic heterocycles. The van der Waals surface area contributed by atoms with E-state index in [1.165, 1.54) is 24.2 Å². The van der Waals surface area contributed by atoms with Gasteiger partial charge in [0.05, 0.1) is 5.56 Å². The molecule has 1 fully saturated rings. The summed E-state index contributed by atoms with van der Waals surface area (Å²) in [5.41, 5.74) is 6.36. The van der Waals surface area contributed by atoms with Gasteiger partial charge in [0.25, 0.3) is 0 Å². The summed E-state index contributed by atoms with van der Waals surface area (Å²) < 4.78 is 0. The van der Waals surface area contributed by atoms with Crippen LogP contribution in [0.15, 0.2) is 11.4 Å². The minimum Gasteiger partial charge on any atom is -0.329 e. The number of amides is 1. The number of hydrogen-bond acceptors (Lipinski definition) is 5. The van der Waals surface area contributed by atoms with Crippen LogP contribution in [0.1, 0.15) is 38.2 Å². The number of piperidine rings is 1. The normalized spacial score (nSPS) is 22.7. The van der Waals surface area contributed by atoms with E-state index in [-0.39, 0.29) is 5.91 Å². The number of nitrogens with one attached hydrogen (secondary N) is 1. The number of nitrogens with two attached hydrogens (primary N) is 1. The molecule has 0 aromatic carbocycles. The van der Waals surface area contributed by atoms with Crippen molar-refractivity contribution in [2.75, 3.05) is 18.4 Å². The SMILES string of the molecule is CC1CCCC(CN)N1CCC(=O)Nc1sccc1C#N. The fraction of sp³-hybridized carbons (Fsp3) is 0.600. The van der Waals surface area contributed by atoms with Gasteiger partial charge in [-0.15, -0.1) is 11.3 Å². The van der Waals surface area contributed by atoms with Crippen LogP contribution in [0.3, 0.4) is 0 Å². The van der Waals surface area contributed by atoms with Gasteiger partial charge in [-0.2, -0.15) is 5.26 Å². The molecular weight excluding hydrogens is 284 g/mol. The molecule has 1 amide bonds. The zero-order valence-electron chi connectivity index (χ0n) is 12.3. The Morgan fingerprint density at radius 1 is 1.62 bits per heavy atom. The van der Waals surface area contributed by atoms with Crippen LogP contribution >= 0.6 is 11.3 Å². The summed E-state index contributed by atoms with van der Waals surface area (Å²) in [5.74, 6) is -0.0394. The quantitative estimate of drug-likeness (QED) is 0.873. The first kappa shape index (κ1) is 16.0. The lowest BCUT2D eigenvalue weighted by atomic mass is 9.96. The molecule has 0 bridgehead atoms. The van der Waals surface area contributed by atoms with Crippen molar-refractivity contribution in [3.05, 3.63) is 17.0 Å². The summed E-state index contributed by atoms with van der Waals surface area (Å²) in [6, 6.07) is 4.67. The zero-order valence-corrected chi connectivity index (χ0v) is 13.2. The molecule has 0 saturated carbocycles. The summed E-state index contributed by atoms with van der Waals surface area (Å²) in [4.78, 5) is 14.4. The smallest absolute Gasteiger partial charge is 0.226 e. The summed E-state index contributed by atoms with van der Waals surface area (Å²) in [5, 5.41) is 14.2. The average Bonchev–Trinajstić information content (AvgIpc) is 2.92. The van der Waals surface area contributed by atoms with Crippen molar-refractivity contribution in [2.24, 2.45) is 5.73 Å². The Balaban J connectivity index is 1.87. The highest BCUT2D eigenvalue weighted by atomic mass is 32.1. The van der Waals surface area contributed by atoms with Gasteiger partial charge in [-0.05, 0) is 31.2 Å². The van der Waals surface area contributed by atoms with Gasteiger partial charge in [0, 0.05) is 31.6 Å². The van der Waals surface area contributed by atoms with E-state index in [2.05, 4.69) is 23.2 Å². The Morgan fingerprint density at radius 3 is 3.14 bits per heavy atom. The number of nitrogens with zero attached hydrogens (tertiary/aromatic N) is 2. The van der Waals surface area contributed by atoms with Crippen LogP contribution < -0.4 is 11.1 Å². The maximum atomic E-state index is 12.1. The maximum Gasteiger partial charge on any atom is 0.226 e. The molecule has 2 unspecified atom stereocenters. The Hall–Kier alpha value is -1.42. The van der Waals surface area contributed by atoms with E-state index in [0.717, 1.165) is 13.0 Å². The maximum absolute atomic E-state index is 12.1. The number of likely N-dealkylation sites (tertiary alicyclic amines) is 1. The predicted octanol–water partition coefficient (Wildman–Crippen LogP) is 2.15. The van der Waals surface area contributed by atoms with Gasteiger partial charge in [0.2, 0.25) is 5.91 Å². The van der Waals surface area contributed by atoms with Crippen molar-refractivity contribution < 1.29 is 4.79 Å². The van der Waals surface area contributed by atoms with Crippen LogP contribution in [-0.2, 0) is 4.79 Å². The molecule has 1 aromatic rings. The molecule has 2 heterocycles. The Labute approximate surface area is 129 Å². The number of carbonyl (C=O) groups excluding carboxylic acids is 1. The molecule has 21 heavy (non-hydrogen) atoms. The fourth-order valence-corrected chi connectivity index (χ4v) is 3.66. The van der Waals surface area contributed by atoms with Crippen molar-refractivity contribution in [3.8, 4) is 6.07 Å². The second kappa shape index (κ2) is 7.55. The van der Waals surface area contributed by atoms with Gasteiger partial charge >= 0.3 is 0 Å². The molecule has 6 heteroatoms. The molecule has 3 N–H and O–H groups in total. The molecule has 5 nitrogen and oxygen atoms in total. The van der Waals surface area contributed by atoms with Gasteiger partial charge in [-0.25, -0.2) is 0 Å². The van der Waals surface area contributed by atoms with E-state index in [1.54, 1.807) is 6.07 Å². The van der Waals surface area contributed by atoms with Crippen molar-refractivity contribution in [2.45, 2.75) is 44.7 Å². The highest BCUT2D eigenvalue weighted by molar-refractivity contribution is 7.14. The van der Waals surface area contributed by atoms with Crippen LogP contribution in [0, 0.1) is 11.3 Å². The average molecular weight is 306 g/mol. The molecule has 2 atom stereocenters. The lowest BCUT2D eigenvalue weighted by molar-refractivity contribution is -0.116.